The molecule has 0 heterocycles. The molecule has 0 spiro atoms. The first kappa shape index (κ1) is 13.2. The summed E-state index contributed by atoms with van der Waals surface area (Å²) in [6.45, 7) is 4.06. The van der Waals surface area contributed by atoms with E-state index in [9.17, 15) is 4.79 Å². The molecule has 0 amide bonds. The number of hydrogen-bond donors (Lipinski definition) is 1. The lowest BCUT2D eigenvalue weighted by Crippen LogP contribution is -2.16. The summed E-state index contributed by atoms with van der Waals surface area (Å²) >= 11 is 0. The third-order valence-electron chi connectivity index (χ3n) is 2.67. The molecule has 4 heteroatoms. The van der Waals surface area contributed by atoms with E-state index in [2.05, 4.69) is 16.0 Å². The minimum Gasteiger partial charge on any atom is -0.464 e. The van der Waals surface area contributed by atoms with Gasteiger partial charge in [0.2, 0.25) is 0 Å². The smallest absolute Gasteiger partial charge is 0.355 e. The number of hydrogen-bond acceptors (Lipinski definition) is 4. The van der Waals surface area contributed by atoms with Crippen LogP contribution in [0.25, 0.3) is 0 Å². The van der Waals surface area contributed by atoms with Gasteiger partial charge in [0.1, 0.15) is 0 Å². The number of benzene rings is 1. The minimum atomic E-state index is -0.586. The molecule has 4 nitrogen and oxygen atoms in total. The standard InChI is InChI=1S/C13H17NO3/c1-9-4-5-11(10(2)8-9)6-7-12(14-16)13(15)17-3/h4-5,8,16H,6-7H2,1-3H3. The lowest BCUT2D eigenvalue weighted by molar-refractivity contribution is -0.133. The highest BCUT2D eigenvalue weighted by Gasteiger charge is 2.12. The summed E-state index contributed by atoms with van der Waals surface area (Å²) in [4.78, 5) is 11.2. The first-order valence-electron chi connectivity index (χ1n) is 5.44. The Labute approximate surface area is 101 Å². The molecule has 92 valence electrons. The number of aryl methyl sites for hydroxylation is 3. The van der Waals surface area contributed by atoms with Crippen LogP contribution >= 0.6 is 0 Å². The number of oxime groups is 1. The topological polar surface area (TPSA) is 58.9 Å². The second kappa shape index (κ2) is 6.03. The fourth-order valence-corrected chi connectivity index (χ4v) is 1.69. The average Bonchev–Trinajstić information content (AvgIpc) is 2.31. The molecule has 1 aromatic carbocycles. The maximum atomic E-state index is 11.2. The summed E-state index contributed by atoms with van der Waals surface area (Å²) in [5.41, 5.74) is 3.57. The zero-order valence-corrected chi connectivity index (χ0v) is 10.4. The summed E-state index contributed by atoms with van der Waals surface area (Å²) < 4.78 is 4.51. The summed E-state index contributed by atoms with van der Waals surface area (Å²) in [6.07, 6.45) is 1.02. The third kappa shape index (κ3) is 3.59. The van der Waals surface area contributed by atoms with Crippen molar-refractivity contribution in [1.82, 2.24) is 0 Å². The molecule has 17 heavy (non-hydrogen) atoms. The Balaban J connectivity index is 2.70. The molecule has 0 bridgehead atoms. The van der Waals surface area contributed by atoms with Gasteiger partial charge in [-0.05, 0) is 31.4 Å². The van der Waals surface area contributed by atoms with Crippen molar-refractivity contribution in [3.8, 4) is 0 Å². The Hall–Kier alpha value is -1.84. The highest BCUT2D eigenvalue weighted by atomic mass is 16.5. The van der Waals surface area contributed by atoms with E-state index in [1.54, 1.807) is 0 Å². The number of nitrogens with zero attached hydrogens (tertiary/aromatic N) is 1. The third-order valence-corrected chi connectivity index (χ3v) is 2.67. The molecule has 0 aliphatic heterocycles. The molecule has 0 aliphatic carbocycles. The molecule has 0 atom stereocenters. The van der Waals surface area contributed by atoms with Crippen molar-refractivity contribution in [3.05, 3.63) is 34.9 Å². The monoisotopic (exact) mass is 235 g/mol. The second-order valence-corrected chi connectivity index (χ2v) is 3.97. The number of methoxy groups -OCH3 is 1. The Morgan fingerprint density at radius 2 is 2.12 bits per heavy atom. The summed E-state index contributed by atoms with van der Waals surface area (Å²) in [5, 5.41) is 11.7. The van der Waals surface area contributed by atoms with E-state index >= 15 is 0 Å². The molecule has 0 aliphatic rings. The van der Waals surface area contributed by atoms with Gasteiger partial charge in [-0.2, -0.15) is 0 Å². The van der Waals surface area contributed by atoms with Gasteiger partial charge in [-0.15, -0.1) is 0 Å². The lowest BCUT2D eigenvalue weighted by atomic mass is 10.0. The molecule has 0 radical (unpaired) electrons. The summed E-state index contributed by atoms with van der Waals surface area (Å²) in [6, 6.07) is 6.14. The van der Waals surface area contributed by atoms with Crippen molar-refractivity contribution in [2.75, 3.05) is 7.11 Å². The van der Waals surface area contributed by atoms with E-state index < -0.39 is 5.97 Å². The van der Waals surface area contributed by atoms with E-state index in [4.69, 9.17) is 5.21 Å². The number of carbonyl (C=O) groups excluding carboxylic acids is 1. The van der Waals surface area contributed by atoms with E-state index in [0.717, 1.165) is 5.56 Å². The SMILES string of the molecule is COC(=O)C(CCc1ccc(C)cc1C)=NO. The van der Waals surface area contributed by atoms with Gasteiger partial charge in [0.15, 0.2) is 5.71 Å². The number of esters is 1. The van der Waals surface area contributed by atoms with Crippen molar-refractivity contribution in [1.29, 1.82) is 0 Å². The van der Waals surface area contributed by atoms with Crippen molar-refractivity contribution in [2.24, 2.45) is 5.16 Å². The number of ether oxygens (including phenoxy) is 1. The van der Waals surface area contributed by atoms with E-state index in [1.165, 1.54) is 18.2 Å². The molecule has 0 saturated heterocycles. The van der Waals surface area contributed by atoms with Gasteiger partial charge in [0.05, 0.1) is 7.11 Å². The second-order valence-electron chi connectivity index (χ2n) is 3.97. The molecule has 1 N–H and O–H groups in total. The predicted octanol–water partition coefficient (Wildman–Crippen LogP) is 2.24. The van der Waals surface area contributed by atoms with Crippen LogP contribution in [0.1, 0.15) is 23.1 Å². The van der Waals surface area contributed by atoms with E-state index in [-0.39, 0.29) is 5.71 Å². The van der Waals surface area contributed by atoms with Crippen LogP contribution in [0, 0.1) is 13.8 Å². The predicted molar refractivity (Wildman–Crippen MR) is 65.5 cm³/mol. The van der Waals surface area contributed by atoms with Crippen LogP contribution in [0.4, 0.5) is 0 Å². The van der Waals surface area contributed by atoms with Crippen molar-refractivity contribution in [3.63, 3.8) is 0 Å². The van der Waals surface area contributed by atoms with E-state index in [1.807, 2.05) is 26.0 Å². The van der Waals surface area contributed by atoms with Crippen LogP contribution < -0.4 is 0 Å². The van der Waals surface area contributed by atoms with Crippen LogP contribution in [0.15, 0.2) is 23.4 Å². The Kier molecular flexibility index (Phi) is 4.69. The Morgan fingerprint density at radius 3 is 2.65 bits per heavy atom. The van der Waals surface area contributed by atoms with Crippen molar-refractivity contribution < 1.29 is 14.7 Å². The van der Waals surface area contributed by atoms with Gasteiger partial charge in [-0.3, -0.25) is 0 Å². The first-order chi connectivity index (χ1) is 8.08. The molecular formula is C13H17NO3. The molecule has 1 rings (SSSR count). The minimum absolute atomic E-state index is 0.0486. The highest BCUT2D eigenvalue weighted by Crippen LogP contribution is 2.13. The fraction of sp³-hybridized carbons (Fsp3) is 0.385. The van der Waals surface area contributed by atoms with Crippen LogP contribution in [-0.4, -0.2) is 24.0 Å². The van der Waals surface area contributed by atoms with Gasteiger partial charge < -0.3 is 9.94 Å². The molecule has 0 unspecified atom stereocenters. The molecule has 1 aromatic rings. The van der Waals surface area contributed by atoms with Crippen LogP contribution in [-0.2, 0) is 16.0 Å². The molecule has 0 aromatic heterocycles. The lowest BCUT2D eigenvalue weighted by Gasteiger charge is -2.07. The van der Waals surface area contributed by atoms with Crippen LogP contribution in [0.2, 0.25) is 0 Å². The van der Waals surface area contributed by atoms with Gasteiger partial charge >= 0.3 is 5.97 Å². The Bertz CT molecular complexity index is 438. The van der Waals surface area contributed by atoms with E-state index in [0.29, 0.717) is 12.8 Å². The highest BCUT2D eigenvalue weighted by molar-refractivity contribution is 6.36. The first-order valence-corrected chi connectivity index (χ1v) is 5.44. The van der Waals surface area contributed by atoms with Gasteiger partial charge in [-0.25, -0.2) is 4.79 Å². The van der Waals surface area contributed by atoms with Crippen LogP contribution in [0.5, 0.6) is 0 Å². The van der Waals surface area contributed by atoms with Gasteiger partial charge in [0.25, 0.3) is 0 Å². The summed E-state index contributed by atoms with van der Waals surface area (Å²) in [7, 11) is 1.27. The Morgan fingerprint density at radius 1 is 1.41 bits per heavy atom. The number of rotatable bonds is 4. The average molecular weight is 235 g/mol. The molecule has 0 fully saturated rings. The summed E-state index contributed by atoms with van der Waals surface area (Å²) in [5.74, 6) is -0.586. The maximum Gasteiger partial charge on any atom is 0.355 e. The van der Waals surface area contributed by atoms with Crippen LogP contribution in [0.3, 0.4) is 0 Å². The normalized spacial score (nSPS) is 11.4. The quantitative estimate of drug-likeness (QED) is 0.377. The molecular weight excluding hydrogens is 218 g/mol. The number of carbonyl (C=O) groups is 1. The zero-order valence-electron chi connectivity index (χ0n) is 10.4. The van der Waals surface area contributed by atoms with Crippen molar-refractivity contribution in [2.45, 2.75) is 26.7 Å². The zero-order chi connectivity index (χ0) is 12.8. The molecule has 0 saturated carbocycles. The fourth-order valence-electron chi connectivity index (χ4n) is 1.69. The van der Waals surface area contributed by atoms with Crippen molar-refractivity contribution >= 4 is 11.7 Å². The maximum absolute atomic E-state index is 11.2. The van der Waals surface area contributed by atoms with Gasteiger partial charge in [-0.1, -0.05) is 28.9 Å². The van der Waals surface area contributed by atoms with Gasteiger partial charge in [0, 0.05) is 6.42 Å². The largest absolute Gasteiger partial charge is 0.464 e.